The number of hydrogen-bond donors (Lipinski definition) is 2. The molecule has 3 rings (SSSR count). The SMILES string of the molecule is Cc1cc(NC(=O)Nc2ccccc2Cl)cc2c1N(C)C(=O)C2(C)C. The third-order valence-electron chi connectivity index (χ3n) is 4.53. The molecule has 2 aromatic rings. The fourth-order valence-electron chi connectivity index (χ4n) is 3.26. The molecule has 0 bridgehead atoms. The van der Waals surface area contributed by atoms with E-state index >= 15 is 0 Å². The Bertz CT molecular complexity index is 877. The van der Waals surface area contributed by atoms with E-state index in [9.17, 15) is 9.59 Å². The van der Waals surface area contributed by atoms with Crippen molar-refractivity contribution in [2.75, 3.05) is 22.6 Å². The maximum absolute atomic E-state index is 12.5. The van der Waals surface area contributed by atoms with E-state index in [1.54, 1.807) is 36.2 Å². The van der Waals surface area contributed by atoms with Crippen LogP contribution in [0, 0.1) is 6.92 Å². The second-order valence-corrected chi connectivity index (χ2v) is 7.14. The Morgan fingerprint density at radius 3 is 2.52 bits per heavy atom. The molecule has 5 nitrogen and oxygen atoms in total. The highest BCUT2D eigenvalue weighted by atomic mass is 35.5. The van der Waals surface area contributed by atoms with Gasteiger partial charge in [0.15, 0.2) is 0 Å². The standard InChI is InChI=1S/C19H20ClN3O2/c1-11-9-12(10-13-16(11)23(4)17(24)19(13,2)3)21-18(25)22-15-8-6-5-7-14(15)20/h5-10H,1-4H3,(H2,21,22,25). The Labute approximate surface area is 152 Å². The summed E-state index contributed by atoms with van der Waals surface area (Å²) in [5, 5.41) is 6.01. The lowest BCUT2D eigenvalue weighted by Gasteiger charge is -2.17. The van der Waals surface area contributed by atoms with Gasteiger partial charge < -0.3 is 15.5 Å². The van der Waals surface area contributed by atoms with Gasteiger partial charge in [0.2, 0.25) is 5.91 Å². The fourth-order valence-corrected chi connectivity index (χ4v) is 3.44. The zero-order chi connectivity index (χ0) is 18.4. The molecular weight excluding hydrogens is 338 g/mol. The van der Waals surface area contributed by atoms with Crippen LogP contribution in [0.25, 0.3) is 0 Å². The first-order chi connectivity index (χ1) is 11.7. The Hall–Kier alpha value is -2.53. The molecule has 0 unspecified atom stereocenters. The van der Waals surface area contributed by atoms with Crippen LogP contribution in [0.5, 0.6) is 0 Å². The Morgan fingerprint density at radius 2 is 1.84 bits per heavy atom. The van der Waals surface area contributed by atoms with E-state index in [-0.39, 0.29) is 11.9 Å². The van der Waals surface area contributed by atoms with Gasteiger partial charge in [-0.15, -0.1) is 0 Å². The minimum Gasteiger partial charge on any atom is -0.314 e. The molecule has 3 amide bonds. The number of fused-ring (bicyclic) bond motifs is 1. The number of nitrogens with zero attached hydrogens (tertiary/aromatic N) is 1. The van der Waals surface area contributed by atoms with Gasteiger partial charge in [-0.25, -0.2) is 4.79 Å². The van der Waals surface area contributed by atoms with Crippen LogP contribution in [0.1, 0.15) is 25.0 Å². The molecule has 0 saturated heterocycles. The molecule has 0 saturated carbocycles. The average Bonchev–Trinajstić information content (AvgIpc) is 2.71. The van der Waals surface area contributed by atoms with Crippen LogP contribution in [0.4, 0.5) is 21.9 Å². The van der Waals surface area contributed by atoms with Crippen molar-refractivity contribution in [1.29, 1.82) is 0 Å². The summed E-state index contributed by atoms with van der Waals surface area (Å²) in [7, 11) is 1.78. The number of rotatable bonds is 2. The summed E-state index contributed by atoms with van der Waals surface area (Å²) < 4.78 is 0. The van der Waals surface area contributed by atoms with Gasteiger partial charge in [0.05, 0.1) is 21.8 Å². The first-order valence-corrected chi connectivity index (χ1v) is 8.35. The topological polar surface area (TPSA) is 61.4 Å². The van der Waals surface area contributed by atoms with Crippen LogP contribution in [-0.2, 0) is 10.2 Å². The number of aryl methyl sites for hydroxylation is 1. The molecule has 0 fully saturated rings. The molecule has 2 N–H and O–H groups in total. The van der Waals surface area contributed by atoms with Crippen molar-refractivity contribution in [3.63, 3.8) is 0 Å². The summed E-state index contributed by atoms with van der Waals surface area (Å²) in [6.07, 6.45) is 0. The number of urea groups is 1. The average molecular weight is 358 g/mol. The monoisotopic (exact) mass is 357 g/mol. The second kappa shape index (κ2) is 6.08. The summed E-state index contributed by atoms with van der Waals surface area (Å²) in [5.74, 6) is 0.0447. The van der Waals surface area contributed by atoms with Crippen molar-refractivity contribution in [3.05, 3.63) is 52.5 Å². The van der Waals surface area contributed by atoms with Gasteiger partial charge in [-0.3, -0.25) is 4.79 Å². The first-order valence-electron chi connectivity index (χ1n) is 7.97. The molecule has 0 aliphatic carbocycles. The Kier molecular flexibility index (Phi) is 4.21. The summed E-state index contributed by atoms with van der Waals surface area (Å²) in [5.41, 5.74) is 3.31. The summed E-state index contributed by atoms with van der Waals surface area (Å²) in [6.45, 7) is 5.72. The molecule has 25 heavy (non-hydrogen) atoms. The van der Waals surface area contributed by atoms with Gasteiger partial charge in [-0.05, 0) is 56.2 Å². The van der Waals surface area contributed by atoms with Crippen molar-refractivity contribution < 1.29 is 9.59 Å². The molecule has 0 spiro atoms. The van der Waals surface area contributed by atoms with Crippen LogP contribution in [0.2, 0.25) is 5.02 Å². The van der Waals surface area contributed by atoms with Crippen LogP contribution in [0.3, 0.4) is 0 Å². The zero-order valence-corrected chi connectivity index (χ0v) is 15.4. The van der Waals surface area contributed by atoms with E-state index in [0.29, 0.717) is 16.4 Å². The van der Waals surface area contributed by atoms with Crippen LogP contribution >= 0.6 is 11.6 Å². The van der Waals surface area contributed by atoms with Gasteiger partial charge in [0, 0.05) is 12.7 Å². The van der Waals surface area contributed by atoms with Crippen LogP contribution in [0.15, 0.2) is 36.4 Å². The highest BCUT2D eigenvalue weighted by Crippen LogP contribution is 2.44. The van der Waals surface area contributed by atoms with Crippen molar-refractivity contribution >= 4 is 40.6 Å². The highest BCUT2D eigenvalue weighted by Gasteiger charge is 2.43. The van der Waals surface area contributed by atoms with E-state index in [2.05, 4.69) is 10.6 Å². The van der Waals surface area contributed by atoms with Crippen molar-refractivity contribution in [1.82, 2.24) is 0 Å². The third-order valence-corrected chi connectivity index (χ3v) is 4.86. The fraction of sp³-hybridized carbons (Fsp3) is 0.263. The highest BCUT2D eigenvalue weighted by molar-refractivity contribution is 6.33. The number of nitrogens with one attached hydrogen (secondary N) is 2. The second-order valence-electron chi connectivity index (χ2n) is 6.74. The minimum atomic E-state index is -0.619. The Balaban J connectivity index is 1.87. The molecule has 0 radical (unpaired) electrons. The number of carbonyl (C=O) groups is 2. The molecule has 1 aliphatic heterocycles. The van der Waals surface area contributed by atoms with Gasteiger partial charge in [0.25, 0.3) is 0 Å². The summed E-state index contributed by atoms with van der Waals surface area (Å²) in [6, 6.07) is 10.4. The van der Waals surface area contributed by atoms with Crippen molar-refractivity contribution in [2.24, 2.45) is 0 Å². The van der Waals surface area contributed by atoms with Crippen LogP contribution in [-0.4, -0.2) is 19.0 Å². The summed E-state index contributed by atoms with van der Waals surface area (Å²) in [4.78, 5) is 26.4. The maximum Gasteiger partial charge on any atom is 0.323 e. The molecule has 2 aromatic carbocycles. The number of anilines is 3. The van der Waals surface area contributed by atoms with E-state index in [1.807, 2.05) is 32.9 Å². The number of halogens is 1. The smallest absolute Gasteiger partial charge is 0.314 e. The minimum absolute atomic E-state index is 0.0447. The quantitative estimate of drug-likeness (QED) is 0.828. The van der Waals surface area contributed by atoms with E-state index < -0.39 is 5.41 Å². The Morgan fingerprint density at radius 1 is 1.16 bits per heavy atom. The normalized spacial score (nSPS) is 15.1. The lowest BCUT2D eigenvalue weighted by molar-refractivity contribution is -0.121. The lowest BCUT2D eigenvalue weighted by atomic mass is 9.85. The molecular formula is C19H20ClN3O2. The number of hydrogen-bond acceptors (Lipinski definition) is 2. The number of amides is 3. The molecule has 1 heterocycles. The third kappa shape index (κ3) is 2.96. The largest absolute Gasteiger partial charge is 0.323 e. The number of likely N-dealkylation sites (N-methyl/N-ethyl adjacent to an activating group) is 1. The van der Waals surface area contributed by atoms with Gasteiger partial charge >= 0.3 is 6.03 Å². The van der Waals surface area contributed by atoms with Gasteiger partial charge in [-0.2, -0.15) is 0 Å². The molecule has 6 heteroatoms. The van der Waals surface area contributed by atoms with Crippen molar-refractivity contribution in [2.45, 2.75) is 26.2 Å². The predicted molar refractivity (Wildman–Crippen MR) is 102 cm³/mol. The summed E-state index contributed by atoms with van der Waals surface area (Å²) >= 11 is 6.06. The predicted octanol–water partition coefficient (Wildman–Crippen LogP) is 4.55. The van der Waals surface area contributed by atoms with Crippen molar-refractivity contribution in [3.8, 4) is 0 Å². The van der Waals surface area contributed by atoms with E-state index in [1.165, 1.54) is 0 Å². The van der Waals surface area contributed by atoms with E-state index in [4.69, 9.17) is 11.6 Å². The van der Waals surface area contributed by atoms with Gasteiger partial charge in [-0.1, -0.05) is 23.7 Å². The molecule has 1 aliphatic rings. The molecule has 130 valence electrons. The first kappa shape index (κ1) is 17.3. The molecule has 0 atom stereocenters. The number of carbonyl (C=O) groups excluding carboxylic acids is 2. The number of benzene rings is 2. The van der Waals surface area contributed by atoms with Crippen LogP contribution < -0.4 is 15.5 Å². The maximum atomic E-state index is 12.5. The lowest BCUT2D eigenvalue weighted by Crippen LogP contribution is -2.33. The zero-order valence-electron chi connectivity index (χ0n) is 14.6. The van der Waals surface area contributed by atoms with E-state index in [0.717, 1.165) is 16.8 Å². The molecule has 0 aromatic heterocycles. The number of para-hydroxylation sites is 1. The van der Waals surface area contributed by atoms with Gasteiger partial charge in [0.1, 0.15) is 0 Å².